The van der Waals surface area contributed by atoms with Crippen molar-refractivity contribution in [3.63, 3.8) is 0 Å². The number of amides is 1. The van der Waals surface area contributed by atoms with Crippen LogP contribution < -0.4 is 20.7 Å². The first-order valence-electron chi connectivity index (χ1n) is 11.2. The third kappa shape index (κ3) is 9.39. The Morgan fingerprint density at radius 1 is 1.06 bits per heavy atom. The van der Waals surface area contributed by atoms with Crippen LogP contribution in [0.1, 0.15) is 34.8 Å². The van der Waals surface area contributed by atoms with E-state index < -0.39 is 0 Å². The minimum Gasteiger partial charge on any atom is -0.494 e. The van der Waals surface area contributed by atoms with Crippen molar-refractivity contribution in [2.45, 2.75) is 26.3 Å². The van der Waals surface area contributed by atoms with E-state index in [1.807, 2.05) is 43.3 Å². The summed E-state index contributed by atoms with van der Waals surface area (Å²) in [5.74, 6) is 1.60. The van der Waals surface area contributed by atoms with Crippen molar-refractivity contribution in [3.05, 3.63) is 65.2 Å². The molecule has 0 aliphatic rings. The highest BCUT2D eigenvalue weighted by Crippen LogP contribution is 2.13. The monoisotopic (exact) mass is 439 g/mol. The molecule has 0 unspecified atom stereocenters. The van der Waals surface area contributed by atoms with E-state index in [0.717, 1.165) is 61.9 Å². The van der Waals surface area contributed by atoms with Gasteiger partial charge < -0.3 is 25.6 Å². The maximum Gasteiger partial charge on any atom is 0.251 e. The van der Waals surface area contributed by atoms with Gasteiger partial charge in [0, 0.05) is 32.2 Å². The Labute approximate surface area is 192 Å². The molecule has 3 N–H and O–H groups in total. The van der Waals surface area contributed by atoms with Crippen LogP contribution in [0.2, 0.25) is 0 Å². The molecule has 1 amide bonds. The molecule has 0 spiro atoms. The van der Waals surface area contributed by atoms with E-state index in [2.05, 4.69) is 52.1 Å². The number of carbonyl (C=O) groups excluding carboxylic acids is 1. The second kappa shape index (κ2) is 14.1. The molecule has 174 valence electrons. The third-order valence-electron chi connectivity index (χ3n) is 4.83. The zero-order chi connectivity index (χ0) is 23.2. The number of nitrogens with zero attached hydrogens (tertiary/aromatic N) is 2. The van der Waals surface area contributed by atoms with E-state index in [0.29, 0.717) is 12.1 Å². The molecule has 2 aromatic carbocycles. The molecule has 0 radical (unpaired) electrons. The highest BCUT2D eigenvalue weighted by Gasteiger charge is 2.04. The number of benzene rings is 2. The van der Waals surface area contributed by atoms with E-state index in [9.17, 15) is 4.79 Å². The maximum atomic E-state index is 11.8. The highest BCUT2D eigenvalue weighted by molar-refractivity contribution is 5.94. The van der Waals surface area contributed by atoms with Crippen LogP contribution in [0, 0.1) is 0 Å². The first-order chi connectivity index (χ1) is 15.5. The van der Waals surface area contributed by atoms with Gasteiger partial charge in [0.15, 0.2) is 5.96 Å². The molecule has 0 fully saturated rings. The van der Waals surface area contributed by atoms with Crippen molar-refractivity contribution in [1.29, 1.82) is 0 Å². The van der Waals surface area contributed by atoms with Crippen LogP contribution in [0.25, 0.3) is 0 Å². The topological polar surface area (TPSA) is 78.0 Å². The van der Waals surface area contributed by atoms with E-state index in [1.54, 1.807) is 7.05 Å². The number of hydrogen-bond acceptors (Lipinski definition) is 4. The predicted molar refractivity (Wildman–Crippen MR) is 131 cm³/mol. The lowest BCUT2D eigenvalue weighted by atomic mass is 10.1. The van der Waals surface area contributed by atoms with Gasteiger partial charge >= 0.3 is 0 Å². The SMILES string of the molecule is CCNC(=NCc1ccc(OCCCN(C)C)cc1)NCCc1cccc(C(=O)NC)c1. The van der Waals surface area contributed by atoms with Gasteiger partial charge in [0.25, 0.3) is 5.91 Å². The largest absolute Gasteiger partial charge is 0.494 e. The molecule has 0 heterocycles. The average Bonchev–Trinajstić information content (AvgIpc) is 2.80. The van der Waals surface area contributed by atoms with Gasteiger partial charge in [0.05, 0.1) is 13.2 Å². The first kappa shape index (κ1) is 25.2. The van der Waals surface area contributed by atoms with Gasteiger partial charge in [-0.15, -0.1) is 0 Å². The van der Waals surface area contributed by atoms with Gasteiger partial charge in [-0.1, -0.05) is 24.3 Å². The lowest BCUT2D eigenvalue weighted by Gasteiger charge is -2.12. The van der Waals surface area contributed by atoms with Crippen molar-refractivity contribution < 1.29 is 9.53 Å². The third-order valence-corrected chi connectivity index (χ3v) is 4.83. The van der Waals surface area contributed by atoms with Crippen LogP contribution in [-0.4, -0.2) is 64.2 Å². The Morgan fingerprint density at radius 3 is 2.53 bits per heavy atom. The number of aliphatic imine (C=N–C) groups is 1. The fraction of sp³-hybridized carbons (Fsp3) is 0.440. The zero-order valence-electron chi connectivity index (χ0n) is 19.8. The zero-order valence-corrected chi connectivity index (χ0v) is 19.8. The van der Waals surface area contributed by atoms with Crippen molar-refractivity contribution in [2.75, 3.05) is 47.4 Å². The van der Waals surface area contributed by atoms with E-state index in [1.165, 1.54) is 0 Å². The number of rotatable bonds is 12. The standard InChI is InChI=1S/C25H37N5O2/c1-5-27-25(28-15-14-20-8-6-9-22(18-20)24(31)26-2)29-19-21-10-12-23(13-11-21)32-17-7-16-30(3)4/h6,8-13,18H,5,7,14-17,19H2,1-4H3,(H,26,31)(H2,27,28,29). The van der Waals surface area contributed by atoms with E-state index >= 15 is 0 Å². The molecule has 0 aromatic heterocycles. The minimum atomic E-state index is -0.0697. The number of carbonyl (C=O) groups is 1. The summed E-state index contributed by atoms with van der Waals surface area (Å²) in [6.07, 6.45) is 1.81. The molecule has 0 atom stereocenters. The molecule has 32 heavy (non-hydrogen) atoms. The van der Waals surface area contributed by atoms with Crippen LogP contribution in [0.5, 0.6) is 5.75 Å². The van der Waals surface area contributed by atoms with Crippen molar-refractivity contribution >= 4 is 11.9 Å². The molecule has 2 aromatic rings. The van der Waals surface area contributed by atoms with Gasteiger partial charge in [0.1, 0.15) is 5.75 Å². The molecule has 0 saturated heterocycles. The summed E-state index contributed by atoms with van der Waals surface area (Å²) in [4.78, 5) is 18.6. The second-order valence-corrected chi connectivity index (χ2v) is 7.80. The Hall–Kier alpha value is -3.06. The second-order valence-electron chi connectivity index (χ2n) is 7.80. The molecule has 0 saturated carbocycles. The van der Waals surface area contributed by atoms with Gasteiger partial charge in [0.2, 0.25) is 0 Å². The van der Waals surface area contributed by atoms with Gasteiger partial charge in [-0.05, 0) is 69.3 Å². The first-order valence-corrected chi connectivity index (χ1v) is 11.2. The molecule has 7 heteroatoms. The maximum absolute atomic E-state index is 11.8. The number of hydrogen-bond donors (Lipinski definition) is 3. The molecule has 2 rings (SSSR count). The van der Waals surface area contributed by atoms with Gasteiger partial charge in [-0.3, -0.25) is 4.79 Å². The summed E-state index contributed by atoms with van der Waals surface area (Å²) in [6.45, 7) is 5.89. The molecule has 0 aliphatic heterocycles. The van der Waals surface area contributed by atoms with Crippen molar-refractivity contribution in [2.24, 2.45) is 4.99 Å². The highest BCUT2D eigenvalue weighted by atomic mass is 16.5. The van der Waals surface area contributed by atoms with Crippen molar-refractivity contribution in [1.82, 2.24) is 20.9 Å². The summed E-state index contributed by atoms with van der Waals surface area (Å²) >= 11 is 0. The van der Waals surface area contributed by atoms with Gasteiger partial charge in [-0.25, -0.2) is 4.99 Å². The summed E-state index contributed by atoms with van der Waals surface area (Å²) in [7, 11) is 5.77. The summed E-state index contributed by atoms with van der Waals surface area (Å²) in [5.41, 5.74) is 2.91. The number of nitrogens with one attached hydrogen (secondary N) is 3. The van der Waals surface area contributed by atoms with Crippen molar-refractivity contribution in [3.8, 4) is 5.75 Å². The fourth-order valence-electron chi connectivity index (χ4n) is 3.11. The fourth-order valence-corrected chi connectivity index (χ4v) is 3.11. The summed E-state index contributed by atoms with van der Waals surface area (Å²) in [5, 5.41) is 9.30. The Morgan fingerprint density at radius 2 is 1.84 bits per heavy atom. The Kier molecular flexibility index (Phi) is 11.1. The summed E-state index contributed by atoms with van der Waals surface area (Å²) < 4.78 is 5.79. The summed E-state index contributed by atoms with van der Waals surface area (Å²) in [6, 6.07) is 15.8. The van der Waals surface area contributed by atoms with Crippen LogP contribution in [0.15, 0.2) is 53.5 Å². The quantitative estimate of drug-likeness (QED) is 0.269. The Bertz CT molecular complexity index is 850. The lowest BCUT2D eigenvalue weighted by molar-refractivity contribution is 0.0963. The normalized spacial score (nSPS) is 11.3. The molecule has 0 aliphatic carbocycles. The molecular formula is C25H37N5O2. The minimum absolute atomic E-state index is 0.0697. The number of ether oxygens (including phenoxy) is 1. The van der Waals surface area contributed by atoms with E-state index in [-0.39, 0.29) is 5.91 Å². The smallest absolute Gasteiger partial charge is 0.251 e. The Balaban J connectivity index is 1.83. The van der Waals surface area contributed by atoms with Crippen LogP contribution >= 0.6 is 0 Å². The average molecular weight is 440 g/mol. The predicted octanol–water partition coefficient (Wildman–Crippen LogP) is 2.67. The molecule has 7 nitrogen and oxygen atoms in total. The molecule has 0 bridgehead atoms. The van der Waals surface area contributed by atoms with Crippen LogP contribution in [-0.2, 0) is 13.0 Å². The van der Waals surface area contributed by atoms with E-state index in [4.69, 9.17) is 4.74 Å². The van der Waals surface area contributed by atoms with Crippen LogP contribution in [0.3, 0.4) is 0 Å². The van der Waals surface area contributed by atoms with Crippen LogP contribution in [0.4, 0.5) is 0 Å². The molecular weight excluding hydrogens is 402 g/mol. The lowest BCUT2D eigenvalue weighted by Crippen LogP contribution is -2.38. The number of guanidine groups is 1. The van der Waals surface area contributed by atoms with Gasteiger partial charge in [-0.2, -0.15) is 0 Å².